The number of benzene rings is 2. The van der Waals surface area contributed by atoms with E-state index in [9.17, 15) is 4.79 Å². The Hall–Kier alpha value is -1.68. The summed E-state index contributed by atoms with van der Waals surface area (Å²) in [7, 11) is 0. The number of ether oxygens (including phenoxy) is 2. The predicted molar refractivity (Wildman–Crippen MR) is 68.9 cm³/mol. The first-order chi connectivity index (χ1) is 8.19. The summed E-state index contributed by atoms with van der Waals surface area (Å²) in [4.78, 5) is 12.0. The zero-order chi connectivity index (χ0) is 12.3. The molecule has 3 nitrogen and oxygen atoms in total. The first kappa shape index (κ1) is 11.8. The Balaban J connectivity index is 2.26. The summed E-state index contributed by atoms with van der Waals surface area (Å²) >= 11 is 4.26. The fourth-order valence-corrected chi connectivity index (χ4v) is 1.73. The number of fused-ring (bicyclic) bond motifs is 1. The van der Waals surface area contributed by atoms with Crippen LogP contribution in [-0.2, 0) is 4.74 Å². The number of rotatable bonds is 2. The number of carbonyl (C=O) groups is 1. The molecule has 0 aliphatic rings. The zero-order valence-electron chi connectivity index (χ0n) is 9.34. The number of hydrogen-bond donors (Lipinski definition) is 1. The van der Waals surface area contributed by atoms with E-state index in [2.05, 4.69) is 12.6 Å². The van der Waals surface area contributed by atoms with Crippen molar-refractivity contribution in [2.24, 2.45) is 0 Å². The predicted octanol–water partition coefficient (Wildman–Crippen LogP) is 3.66. The van der Waals surface area contributed by atoms with Gasteiger partial charge < -0.3 is 9.47 Å². The van der Waals surface area contributed by atoms with Gasteiger partial charge in [-0.1, -0.05) is 12.1 Å². The van der Waals surface area contributed by atoms with Crippen LogP contribution in [0, 0.1) is 0 Å². The fraction of sp³-hybridized carbons (Fsp3) is 0.154. The van der Waals surface area contributed by atoms with E-state index in [4.69, 9.17) is 9.47 Å². The van der Waals surface area contributed by atoms with Crippen LogP contribution in [0.1, 0.15) is 6.92 Å². The molecule has 0 aromatic heterocycles. The Labute approximate surface area is 105 Å². The second kappa shape index (κ2) is 5.10. The Morgan fingerprint density at radius 3 is 2.65 bits per heavy atom. The molecule has 0 fully saturated rings. The van der Waals surface area contributed by atoms with Gasteiger partial charge in [-0.25, -0.2) is 4.79 Å². The summed E-state index contributed by atoms with van der Waals surface area (Å²) in [5, 5.41) is 2.04. The minimum atomic E-state index is -0.683. The third-order valence-electron chi connectivity index (χ3n) is 2.26. The SMILES string of the molecule is CCOC(=O)Oc1ccc2cc(S)ccc2c1. The first-order valence-electron chi connectivity index (χ1n) is 5.26. The maximum atomic E-state index is 11.1. The average molecular weight is 248 g/mol. The van der Waals surface area contributed by atoms with Crippen molar-refractivity contribution in [3.63, 3.8) is 0 Å². The minimum absolute atomic E-state index is 0.301. The van der Waals surface area contributed by atoms with Crippen molar-refractivity contribution >= 4 is 29.6 Å². The van der Waals surface area contributed by atoms with E-state index < -0.39 is 6.16 Å². The molecule has 0 aliphatic heterocycles. The monoisotopic (exact) mass is 248 g/mol. The maximum absolute atomic E-state index is 11.1. The lowest BCUT2D eigenvalue weighted by Crippen LogP contribution is -2.09. The highest BCUT2D eigenvalue weighted by molar-refractivity contribution is 7.80. The quantitative estimate of drug-likeness (QED) is 0.500. The topological polar surface area (TPSA) is 35.5 Å². The summed E-state index contributed by atoms with van der Waals surface area (Å²) < 4.78 is 9.72. The lowest BCUT2D eigenvalue weighted by Gasteiger charge is -2.05. The molecule has 2 rings (SSSR count). The molecule has 17 heavy (non-hydrogen) atoms. The molecule has 0 saturated heterocycles. The second-order valence-corrected chi connectivity index (χ2v) is 3.99. The largest absolute Gasteiger partial charge is 0.513 e. The standard InChI is InChI=1S/C13H12O3S/c1-2-15-13(14)16-11-5-3-10-8-12(17)6-4-9(10)7-11/h3-8,17H,2H2,1H3. The Kier molecular flexibility index (Phi) is 3.54. The molecule has 0 amide bonds. The van der Waals surface area contributed by atoms with Crippen molar-refractivity contribution in [1.82, 2.24) is 0 Å². The summed E-state index contributed by atoms with van der Waals surface area (Å²) in [6, 6.07) is 11.2. The Morgan fingerprint density at radius 2 is 1.88 bits per heavy atom. The lowest BCUT2D eigenvalue weighted by molar-refractivity contribution is 0.104. The van der Waals surface area contributed by atoms with Gasteiger partial charge in [-0.3, -0.25) is 0 Å². The van der Waals surface area contributed by atoms with Crippen LogP contribution in [0.25, 0.3) is 10.8 Å². The van der Waals surface area contributed by atoms with Gasteiger partial charge in [0, 0.05) is 4.90 Å². The van der Waals surface area contributed by atoms with Gasteiger partial charge in [0.05, 0.1) is 6.61 Å². The highest BCUT2D eigenvalue weighted by atomic mass is 32.1. The molecule has 4 heteroatoms. The summed E-state index contributed by atoms with van der Waals surface area (Å²) in [5.41, 5.74) is 0. The van der Waals surface area contributed by atoms with Gasteiger partial charge in [0.15, 0.2) is 0 Å². The number of hydrogen-bond acceptors (Lipinski definition) is 4. The molecule has 0 N–H and O–H groups in total. The highest BCUT2D eigenvalue weighted by Gasteiger charge is 2.05. The van der Waals surface area contributed by atoms with E-state index >= 15 is 0 Å². The van der Waals surface area contributed by atoms with E-state index in [-0.39, 0.29) is 0 Å². The molecule has 0 heterocycles. The van der Waals surface area contributed by atoms with Gasteiger partial charge in [-0.2, -0.15) is 0 Å². The Bertz CT molecular complexity index is 551. The van der Waals surface area contributed by atoms with E-state index in [1.54, 1.807) is 19.1 Å². The summed E-state index contributed by atoms with van der Waals surface area (Å²) in [5.74, 6) is 0.475. The Morgan fingerprint density at radius 1 is 1.18 bits per heavy atom. The highest BCUT2D eigenvalue weighted by Crippen LogP contribution is 2.23. The van der Waals surface area contributed by atoms with Crippen LogP contribution in [0.5, 0.6) is 5.75 Å². The van der Waals surface area contributed by atoms with Crippen LogP contribution in [0.3, 0.4) is 0 Å². The van der Waals surface area contributed by atoms with E-state index in [1.807, 2.05) is 24.3 Å². The van der Waals surface area contributed by atoms with Gasteiger partial charge in [0.2, 0.25) is 0 Å². The van der Waals surface area contributed by atoms with Crippen molar-refractivity contribution in [1.29, 1.82) is 0 Å². The molecule has 0 radical (unpaired) electrons. The lowest BCUT2D eigenvalue weighted by atomic mass is 10.1. The summed E-state index contributed by atoms with van der Waals surface area (Å²) in [6.45, 7) is 2.03. The van der Waals surface area contributed by atoms with E-state index in [1.165, 1.54) is 0 Å². The van der Waals surface area contributed by atoms with Crippen LogP contribution in [0.2, 0.25) is 0 Å². The van der Waals surface area contributed by atoms with Crippen LogP contribution < -0.4 is 4.74 Å². The molecule has 0 aliphatic carbocycles. The normalized spacial score (nSPS) is 10.2. The van der Waals surface area contributed by atoms with Crippen LogP contribution in [0.4, 0.5) is 4.79 Å². The van der Waals surface area contributed by atoms with Gasteiger partial charge in [-0.05, 0) is 42.0 Å². The molecule has 0 bridgehead atoms. The first-order valence-corrected chi connectivity index (χ1v) is 5.71. The van der Waals surface area contributed by atoms with E-state index in [0.29, 0.717) is 12.4 Å². The molecule has 2 aromatic carbocycles. The molecule has 88 valence electrons. The van der Waals surface area contributed by atoms with Gasteiger partial charge in [-0.15, -0.1) is 12.6 Å². The average Bonchev–Trinajstić information content (AvgIpc) is 2.29. The van der Waals surface area contributed by atoms with Crippen LogP contribution >= 0.6 is 12.6 Å². The van der Waals surface area contributed by atoms with Crippen molar-refractivity contribution in [3.8, 4) is 5.75 Å². The smallest absolute Gasteiger partial charge is 0.434 e. The van der Waals surface area contributed by atoms with Gasteiger partial charge in [0.25, 0.3) is 0 Å². The maximum Gasteiger partial charge on any atom is 0.513 e. The molecule has 0 unspecified atom stereocenters. The molecule has 0 spiro atoms. The van der Waals surface area contributed by atoms with Gasteiger partial charge in [0.1, 0.15) is 5.75 Å². The van der Waals surface area contributed by atoms with E-state index in [0.717, 1.165) is 15.7 Å². The minimum Gasteiger partial charge on any atom is -0.434 e. The summed E-state index contributed by atoms with van der Waals surface area (Å²) in [6.07, 6.45) is -0.683. The van der Waals surface area contributed by atoms with Gasteiger partial charge >= 0.3 is 6.16 Å². The third kappa shape index (κ3) is 2.91. The second-order valence-electron chi connectivity index (χ2n) is 3.48. The van der Waals surface area contributed by atoms with Crippen molar-refractivity contribution in [3.05, 3.63) is 36.4 Å². The van der Waals surface area contributed by atoms with Crippen molar-refractivity contribution < 1.29 is 14.3 Å². The van der Waals surface area contributed by atoms with Crippen LogP contribution in [0.15, 0.2) is 41.3 Å². The number of thiol groups is 1. The zero-order valence-corrected chi connectivity index (χ0v) is 10.2. The molecular weight excluding hydrogens is 236 g/mol. The molecular formula is C13H12O3S. The third-order valence-corrected chi connectivity index (χ3v) is 2.54. The molecule has 0 atom stereocenters. The fourth-order valence-electron chi connectivity index (χ4n) is 1.52. The van der Waals surface area contributed by atoms with Crippen LogP contribution in [-0.4, -0.2) is 12.8 Å². The number of carbonyl (C=O) groups excluding carboxylic acids is 1. The van der Waals surface area contributed by atoms with Crippen molar-refractivity contribution in [2.75, 3.05) is 6.61 Å². The molecule has 2 aromatic rings. The van der Waals surface area contributed by atoms with Crippen molar-refractivity contribution in [2.45, 2.75) is 11.8 Å². The molecule has 0 saturated carbocycles.